The highest BCUT2D eigenvalue weighted by Crippen LogP contribution is 2.28. The Morgan fingerprint density at radius 3 is 2.52 bits per heavy atom. The topological polar surface area (TPSA) is 56.8 Å². The third kappa shape index (κ3) is 6.06. The maximum absolute atomic E-state index is 12.1. The predicted octanol–water partition coefficient (Wildman–Crippen LogP) is 3.48. The number of allylic oxidation sites excluding steroid dienone is 1. The molecule has 0 aliphatic heterocycles. The average molecular weight is 369 g/mol. The Morgan fingerprint density at radius 2 is 1.81 bits per heavy atom. The molecule has 1 amide bonds. The number of ether oxygens (including phenoxy) is 3. The summed E-state index contributed by atoms with van der Waals surface area (Å²) in [6.07, 6.45) is 3.27. The first-order valence-corrected chi connectivity index (χ1v) is 8.88. The summed E-state index contributed by atoms with van der Waals surface area (Å²) in [5.41, 5.74) is 3.30. The van der Waals surface area contributed by atoms with Crippen molar-refractivity contribution in [1.29, 1.82) is 0 Å². The third-order valence-corrected chi connectivity index (χ3v) is 4.12. The summed E-state index contributed by atoms with van der Waals surface area (Å²) in [7, 11) is 3.23. The minimum absolute atomic E-state index is 0.0673. The highest BCUT2D eigenvalue weighted by atomic mass is 16.5. The molecular formula is C22H27NO4. The number of amides is 1. The van der Waals surface area contributed by atoms with E-state index in [4.69, 9.17) is 14.2 Å². The molecule has 0 heterocycles. The molecule has 0 unspecified atom stereocenters. The molecule has 0 aliphatic carbocycles. The Hall–Kier alpha value is -2.95. The minimum atomic E-state index is -0.182. The van der Waals surface area contributed by atoms with E-state index in [2.05, 4.69) is 18.0 Å². The van der Waals surface area contributed by atoms with Crippen LogP contribution in [0.5, 0.6) is 17.2 Å². The second kappa shape index (κ2) is 10.3. The molecule has 0 fully saturated rings. The second-order valence-electron chi connectivity index (χ2n) is 6.18. The Balaban J connectivity index is 1.84. The SMILES string of the molecule is C=CCc1ccc(OCC(=O)NCCc2cc(C)ccc2OC)c(OC)c1. The molecule has 0 spiro atoms. The Labute approximate surface area is 161 Å². The van der Waals surface area contributed by atoms with Gasteiger partial charge < -0.3 is 19.5 Å². The molecule has 0 bridgehead atoms. The van der Waals surface area contributed by atoms with Crippen LogP contribution in [0.4, 0.5) is 0 Å². The summed E-state index contributed by atoms with van der Waals surface area (Å²) in [6, 6.07) is 11.6. The van der Waals surface area contributed by atoms with Crippen molar-refractivity contribution in [3.05, 3.63) is 65.7 Å². The van der Waals surface area contributed by atoms with E-state index in [9.17, 15) is 4.79 Å². The molecule has 5 heteroatoms. The van der Waals surface area contributed by atoms with Gasteiger partial charge >= 0.3 is 0 Å². The van der Waals surface area contributed by atoms with Gasteiger partial charge in [-0.05, 0) is 49.1 Å². The number of hydrogen-bond donors (Lipinski definition) is 1. The summed E-state index contributed by atoms with van der Waals surface area (Å²) in [5, 5.41) is 2.87. The maximum atomic E-state index is 12.1. The van der Waals surface area contributed by atoms with Crippen LogP contribution in [-0.2, 0) is 17.6 Å². The molecule has 0 aromatic heterocycles. The fraction of sp³-hybridized carbons (Fsp3) is 0.318. The Bertz CT molecular complexity index is 786. The van der Waals surface area contributed by atoms with Crippen molar-refractivity contribution in [2.45, 2.75) is 19.8 Å². The summed E-state index contributed by atoms with van der Waals surface area (Å²) < 4.78 is 16.3. The van der Waals surface area contributed by atoms with E-state index in [1.807, 2.05) is 43.3 Å². The number of carbonyl (C=O) groups excluding carboxylic acids is 1. The molecule has 2 rings (SSSR count). The molecule has 0 atom stereocenters. The average Bonchev–Trinajstić information content (AvgIpc) is 2.67. The van der Waals surface area contributed by atoms with Crippen LogP contribution in [0.15, 0.2) is 49.1 Å². The smallest absolute Gasteiger partial charge is 0.257 e. The van der Waals surface area contributed by atoms with E-state index >= 15 is 0 Å². The molecule has 2 aromatic carbocycles. The zero-order valence-corrected chi connectivity index (χ0v) is 16.2. The van der Waals surface area contributed by atoms with Crippen LogP contribution >= 0.6 is 0 Å². The van der Waals surface area contributed by atoms with Gasteiger partial charge in [-0.3, -0.25) is 4.79 Å². The fourth-order valence-corrected chi connectivity index (χ4v) is 2.76. The zero-order valence-electron chi connectivity index (χ0n) is 16.2. The Morgan fingerprint density at radius 1 is 1.07 bits per heavy atom. The van der Waals surface area contributed by atoms with E-state index in [1.165, 1.54) is 0 Å². The first kappa shape index (κ1) is 20.4. The molecular weight excluding hydrogens is 342 g/mol. The van der Waals surface area contributed by atoms with Crippen molar-refractivity contribution in [1.82, 2.24) is 5.32 Å². The Kier molecular flexibility index (Phi) is 7.74. The van der Waals surface area contributed by atoms with Gasteiger partial charge in [-0.15, -0.1) is 6.58 Å². The lowest BCUT2D eigenvalue weighted by Gasteiger charge is -2.13. The van der Waals surface area contributed by atoms with E-state index in [0.29, 0.717) is 24.5 Å². The van der Waals surface area contributed by atoms with Gasteiger partial charge in [0.25, 0.3) is 5.91 Å². The highest BCUT2D eigenvalue weighted by molar-refractivity contribution is 5.77. The molecule has 1 N–H and O–H groups in total. The summed E-state index contributed by atoms with van der Waals surface area (Å²) in [5.74, 6) is 1.79. The summed E-state index contributed by atoms with van der Waals surface area (Å²) >= 11 is 0. The van der Waals surface area contributed by atoms with Gasteiger partial charge in [0.2, 0.25) is 0 Å². The predicted molar refractivity (Wildman–Crippen MR) is 107 cm³/mol. The largest absolute Gasteiger partial charge is 0.496 e. The van der Waals surface area contributed by atoms with Crippen LogP contribution in [0.25, 0.3) is 0 Å². The first-order valence-electron chi connectivity index (χ1n) is 8.88. The number of rotatable bonds is 10. The second-order valence-corrected chi connectivity index (χ2v) is 6.18. The van der Waals surface area contributed by atoms with Gasteiger partial charge in [0, 0.05) is 6.54 Å². The molecule has 2 aromatic rings. The van der Waals surface area contributed by atoms with E-state index in [-0.39, 0.29) is 12.5 Å². The van der Waals surface area contributed by atoms with E-state index in [0.717, 1.165) is 28.9 Å². The number of nitrogens with one attached hydrogen (secondary N) is 1. The third-order valence-electron chi connectivity index (χ3n) is 4.12. The van der Waals surface area contributed by atoms with Gasteiger partial charge in [0.15, 0.2) is 18.1 Å². The van der Waals surface area contributed by atoms with E-state index < -0.39 is 0 Å². The number of hydrogen-bond acceptors (Lipinski definition) is 4. The van der Waals surface area contributed by atoms with Crippen LogP contribution in [0.2, 0.25) is 0 Å². The zero-order chi connectivity index (χ0) is 19.6. The van der Waals surface area contributed by atoms with E-state index in [1.54, 1.807) is 14.2 Å². The number of methoxy groups -OCH3 is 2. The van der Waals surface area contributed by atoms with Crippen LogP contribution in [0, 0.1) is 6.92 Å². The van der Waals surface area contributed by atoms with Gasteiger partial charge in [-0.2, -0.15) is 0 Å². The van der Waals surface area contributed by atoms with Crippen molar-refractivity contribution < 1.29 is 19.0 Å². The standard InChI is InChI=1S/C22H27NO4/c1-5-6-17-8-10-20(21(14-17)26-4)27-15-22(24)23-12-11-18-13-16(2)7-9-19(18)25-3/h5,7-10,13-14H,1,6,11-12,15H2,2-4H3,(H,23,24). The van der Waals surface area contributed by atoms with Crippen LogP contribution in [-0.4, -0.2) is 33.3 Å². The van der Waals surface area contributed by atoms with Crippen LogP contribution in [0.3, 0.4) is 0 Å². The van der Waals surface area contributed by atoms with Gasteiger partial charge in [0.05, 0.1) is 14.2 Å². The highest BCUT2D eigenvalue weighted by Gasteiger charge is 2.09. The number of benzene rings is 2. The lowest BCUT2D eigenvalue weighted by atomic mass is 10.1. The molecule has 0 aliphatic rings. The first-order chi connectivity index (χ1) is 13.1. The quantitative estimate of drug-likeness (QED) is 0.652. The normalized spacial score (nSPS) is 10.2. The van der Waals surface area contributed by atoms with Crippen molar-refractivity contribution in [2.75, 3.05) is 27.4 Å². The number of carbonyl (C=O) groups is 1. The fourth-order valence-electron chi connectivity index (χ4n) is 2.76. The van der Waals surface area contributed by atoms with Crippen molar-refractivity contribution in [3.63, 3.8) is 0 Å². The molecule has 0 saturated heterocycles. The van der Waals surface area contributed by atoms with Crippen molar-refractivity contribution in [3.8, 4) is 17.2 Å². The number of aryl methyl sites for hydroxylation is 1. The van der Waals surface area contributed by atoms with Gasteiger partial charge in [0.1, 0.15) is 5.75 Å². The van der Waals surface area contributed by atoms with Crippen molar-refractivity contribution >= 4 is 5.91 Å². The molecule has 144 valence electrons. The van der Waals surface area contributed by atoms with Crippen molar-refractivity contribution in [2.24, 2.45) is 0 Å². The minimum Gasteiger partial charge on any atom is -0.496 e. The molecule has 0 radical (unpaired) electrons. The molecule has 0 saturated carbocycles. The molecule has 5 nitrogen and oxygen atoms in total. The van der Waals surface area contributed by atoms with Gasteiger partial charge in [-0.1, -0.05) is 29.8 Å². The van der Waals surface area contributed by atoms with Gasteiger partial charge in [-0.25, -0.2) is 0 Å². The lowest BCUT2D eigenvalue weighted by Crippen LogP contribution is -2.30. The lowest BCUT2D eigenvalue weighted by molar-refractivity contribution is -0.123. The maximum Gasteiger partial charge on any atom is 0.257 e. The van der Waals surface area contributed by atoms with Crippen LogP contribution in [0.1, 0.15) is 16.7 Å². The summed E-state index contributed by atoms with van der Waals surface area (Å²) in [6.45, 7) is 6.20. The summed E-state index contributed by atoms with van der Waals surface area (Å²) in [4.78, 5) is 12.1. The van der Waals surface area contributed by atoms with Crippen LogP contribution < -0.4 is 19.5 Å². The monoisotopic (exact) mass is 369 g/mol. The molecule has 27 heavy (non-hydrogen) atoms.